The largest absolute Gasteiger partial charge is 0.494 e. The molecule has 37 heavy (non-hydrogen) atoms. The zero-order chi connectivity index (χ0) is 25.9. The highest BCUT2D eigenvalue weighted by atomic mass is 19.1. The molecular weight excluding hydrogens is 480 g/mol. The number of carbonyl (C=O) groups is 1. The third-order valence-corrected chi connectivity index (χ3v) is 6.70. The van der Waals surface area contributed by atoms with Gasteiger partial charge in [0, 0.05) is 49.3 Å². The lowest BCUT2D eigenvalue weighted by Crippen LogP contribution is -2.31. The Morgan fingerprint density at radius 2 is 2.14 bits per heavy atom. The number of hydrogen-bond donors (Lipinski definition) is 1. The van der Waals surface area contributed by atoms with Gasteiger partial charge in [0.25, 0.3) is 5.91 Å². The molecule has 1 amide bonds. The van der Waals surface area contributed by atoms with Crippen molar-refractivity contribution in [2.45, 2.75) is 25.1 Å². The van der Waals surface area contributed by atoms with Gasteiger partial charge in [-0.2, -0.15) is 5.10 Å². The molecule has 0 aliphatic carbocycles. The Balaban J connectivity index is 1.42. The number of halogens is 2. The summed E-state index contributed by atoms with van der Waals surface area (Å²) in [6.07, 6.45) is 3.28. The number of nitrogens with one attached hydrogen (secondary N) is 1. The van der Waals surface area contributed by atoms with Gasteiger partial charge < -0.3 is 14.8 Å². The standard InChI is InChI=1S/C27H27F2N5O3/c1-34-23(7-9-31-34)26(17-5-6-24(36-2)20(28)11-17)33-27(35)18-3-4-19-14-30-25(32-22(19)12-18)13-16-8-10-37-15-21(16)29/h3-7,9,11-12,14,16,21,26H,8,10,13,15H2,1-2H3,(H,33,35)/t16-,21+,26+/m1/s1. The fourth-order valence-corrected chi connectivity index (χ4v) is 4.59. The number of amides is 1. The number of ether oxygens (including phenoxy) is 2. The molecule has 2 aromatic heterocycles. The maximum atomic E-state index is 14.5. The summed E-state index contributed by atoms with van der Waals surface area (Å²) in [5.74, 6) is -0.443. The number of carbonyl (C=O) groups excluding carboxylic acids is 1. The Labute approximate surface area is 212 Å². The van der Waals surface area contributed by atoms with Gasteiger partial charge in [-0.1, -0.05) is 12.1 Å². The van der Waals surface area contributed by atoms with Gasteiger partial charge in [0.05, 0.1) is 31.0 Å². The molecular formula is C27H27F2N5O3. The Morgan fingerprint density at radius 3 is 2.86 bits per heavy atom. The van der Waals surface area contributed by atoms with Gasteiger partial charge >= 0.3 is 0 Å². The van der Waals surface area contributed by atoms with Gasteiger partial charge in [-0.25, -0.2) is 18.7 Å². The number of hydrogen-bond acceptors (Lipinski definition) is 6. The van der Waals surface area contributed by atoms with E-state index >= 15 is 0 Å². The van der Waals surface area contributed by atoms with Crippen LogP contribution in [0.15, 0.2) is 54.9 Å². The fraction of sp³-hybridized carbons (Fsp3) is 0.333. The molecule has 0 bridgehead atoms. The van der Waals surface area contributed by atoms with Crippen molar-refractivity contribution in [3.05, 3.63) is 83.3 Å². The van der Waals surface area contributed by atoms with E-state index in [1.54, 1.807) is 54.5 Å². The summed E-state index contributed by atoms with van der Waals surface area (Å²) in [7, 11) is 3.15. The van der Waals surface area contributed by atoms with Gasteiger partial charge in [-0.3, -0.25) is 9.48 Å². The van der Waals surface area contributed by atoms with Crippen LogP contribution in [0.3, 0.4) is 0 Å². The van der Waals surface area contributed by atoms with Crippen molar-refractivity contribution in [1.82, 2.24) is 25.1 Å². The van der Waals surface area contributed by atoms with Crippen LogP contribution in [0.4, 0.5) is 8.78 Å². The predicted molar refractivity (Wildman–Crippen MR) is 133 cm³/mol. The van der Waals surface area contributed by atoms with Crippen molar-refractivity contribution in [1.29, 1.82) is 0 Å². The zero-order valence-corrected chi connectivity index (χ0v) is 20.5. The summed E-state index contributed by atoms with van der Waals surface area (Å²) in [5.41, 5.74) is 2.19. The first-order valence-electron chi connectivity index (χ1n) is 12.0. The first-order valence-corrected chi connectivity index (χ1v) is 12.0. The molecule has 8 nitrogen and oxygen atoms in total. The zero-order valence-electron chi connectivity index (χ0n) is 20.5. The minimum absolute atomic E-state index is 0.0957. The van der Waals surface area contributed by atoms with Gasteiger partial charge in [-0.05, 0) is 42.3 Å². The molecule has 10 heteroatoms. The molecule has 0 spiro atoms. The monoisotopic (exact) mass is 507 g/mol. The molecule has 1 saturated heterocycles. The van der Waals surface area contributed by atoms with Crippen LogP contribution < -0.4 is 10.1 Å². The van der Waals surface area contributed by atoms with Crippen molar-refractivity contribution in [3.8, 4) is 5.75 Å². The summed E-state index contributed by atoms with van der Waals surface area (Å²) < 4.78 is 40.6. The van der Waals surface area contributed by atoms with Crippen LogP contribution >= 0.6 is 0 Å². The molecule has 3 atom stereocenters. The van der Waals surface area contributed by atoms with Crippen LogP contribution in [0.5, 0.6) is 5.75 Å². The number of alkyl halides is 1. The number of rotatable bonds is 7. The SMILES string of the molecule is COc1ccc([C@H](NC(=O)c2ccc3cnc(C[C@H]4CCOC[C@@H]4F)nc3c2)c2ccnn2C)cc1F. The third-order valence-electron chi connectivity index (χ3n) is 6.70. The number of aryl methyl sites for hydroxylation is 1. The van der Waals surface area contributed by atoms with Crippen LogP contribution in [0.25, 0.3) is 10.9 Å². The Morgan fingerprint density at radius 1 is 1.27 bits per heavy atom. The lowest BCUT2D eigenvalue weighted by atomic mass is 9.94. The van der Waals surface area contributed by atoms with Crippen molar-refractivity contribution in [3.63, 3.8) is 0 Å². The van der Waals surface area contributed by atoms with Crippen molar-refractivity contribution >= 4 is 16.8 Å². The number of benzene rings is 2. The van der Waals surface area contributed by atoms with Crippen LogP contribution in [-0.4, -0.2) is 52.2 Å². The first-order chi connectivity index (χ1) is 17.9. The van der Waals surface area contributed by atoms with Gasteiger partial charge in [-0.15, -0.1) is 0 Å². The molecule has 1 N–H and O–H groups in total. The van der Waals surface area contributed by atoms with E-state index in [9.17, 15) is 13.6 Å². The highest BCUT2D eigenvalue weighted by Crippen LogP contribution is 2.27. The van der Waals surface area contributed by atoms with E-state index in [1.807, 2.05) is 0 Å². The van der Waals surface area contributed by atoms with E-state index in [1.165, 1.54) is 19.2 Å². The summed E-state index contributed by atoms with van der Waals surface area (Å²) in [6, 6.07) is 10.8. The molecule has 192 valence electrons. The van der Waals surface area contributed by atoms with Crippen LogP contribution in [0.1, 0.15) is 39.9 Å². The lowest BCUT2D eigenvalue weighted by Gasteiger charge is -2.25. The minimum atomic E-state index is -1.04. The highest BCUT2D eigenvalue weighted by Gasteiger charge is 2.27. The molecule has 0 radical (unpaired) electrons. The maximum Gasteiger partial charge on any atom is 0.252 e. The molecule has 3 heterocycles. The second kappa shape index (κ2) is 10.6. The molecule has 5 rings (SSSR count). The number of fused-ring (bicyclic) bond motifs is 1. The fourth-order valence-electron chi connectivity index (χ4n) is 4.59. The van der Waals surface area contributed by atoms with E-state index < -0.39 is 18.0 Å². The topological polar surface area (TPSA) is 91.2 Å². The van der Waals surface area contributed by atoms with Crippen molar-refractivity contribution in [2.24, 2.45) is 13.0 Å². The normalized spacial score (nSPS) is 18.5. The average molecular weight is 508 g/mol. The maximum absolute atomic E-state index is 14.5. The minimum Gasteiger partial charge on any atom is -0.494 e. The predicted octanol–water partition coefficient (Wildman–Crippen LogP) is 3.95. The Bertz CT molecular complexity index is 1430. The van der Waals surface area contributed by atoms with Crippen molar-refractivity contribution in [2.75, 3.05) is 20.3 Å². The molecule has 1 fully saturated rings. The summed E-state index contributed by atoms with van der Waals surface area (Å²) in [6.45, 7) is 0.622. The first kappa shape index (κ1) is 24.8. The van der Waals surface area contributed by atoms with Gasteiger partial charge in [0.15, 0.2) is 11.6 Å². The van der Waals surface area contributed by atoms with Crippen LogP contribution in [0.2, 0.25) is 0 Å². The Kier molecular flexibility index (Phi) is 7.09. The number of nitrogens with zero attached hydrogens (tertiary/aromatic N) is 4. The second-order valence-electron chi connectivity index (χ2n) is 9.08. The Hall–Kier alpha value is -3.92. The third kappa shape index (κ3) is 5.29. The molecule has 2 aromatic carbocycles. The number of aromatic nitrogens is 4. The average Bonchev–Trinajstić information content (AvgIpc) is 3.33. The second-order valence-corrected chi connectivity index (χ2v) is 9.08. The summed E-state index contributed by atoms with van der Waals surface area (Å²) >= 11 is 0. The van der Waals surface area contributed by atoms with E-state index in [-0.39, 0.29) is 24.2 Å². The quantitative estimate of drug-likeness (QED) is 0.407. The molecule has 0 unspecified atom stereocenters. The molecule has 1 aliphatic rings. The molecule has 0 saturated carbocycles. The number of methoxy groups -OCH3 is 1. The van der Waals surface area contributed by atoms with E-state index in [0.717, 1.165) is 5.39 Å². The van der Waals surface area contributed by atoms with Gasteiger partial charge in [0.1, 0.15) is 12.0 Å². The summed E-state index contributed by atoms with van der Waals surface area (Å²) in [4.78, 5) is 22.4. The van der Waals surface area contributed by atoms with Crippen LogP contribution in [0, 0.1) is 11.7 Å². The van der Waals surface area contributed by atoms with Crippen molar-refractivity contribution < 1.29 is 23.0 Å². The highest BCUT2D eigenvalue weighted by molar-refractivity contribution is 5.98. The molecule has 4 aromatic rings. The summed E-state index contributed by atoms with van der Waals surface area (Å²) in [5, 5.41) is 7.96. The lowest BCUT2D eigenvalue weighted by molar-refractivity contribution is -0.00172. The molecule has 1 aliphatic heterocycles. The van der Waals surface area contributed by atoms with E-state index in [2.05, 4.69) is 20.4 Å². The van der Waals surface area contributed by atoms with Crippen LogP contribution in [-0.2, 0) is 18.2 Å². The van der Waals surface area contributed by atoms with E-state index in [4.69, 9.17) is 9.47 Å². The smallest absolute Gasteiger partial charge is 0.252 e. The van der Waals surface area contributed by atoms with E-state index in [0.29, 0.717) is 47.6 Å². The van der Waals surface area contributed by atoms with Gasteiger partial charge in [0.2, 0.25) is 0 Å².